The van der Waals surface area contributed by atoms with Gasteiger partial charge < -0.3 is 20.8 Å². The lowest BCUT2D eigenvalue weighted by atomic mass is 9.87. The molecule has 0 spiro atoms. The number of hydrogen-bond acceptors (Lipinski definition) is 3. The van der Waals surface area contributed by atoms with Gasteiger partial charge in [-0.2, -0.15) is 0 Å². The van der Waals surface area contributed by atoms with Crippen LogP contribution >= 0.6 is 0 Å². The number of aliphatic hydroxyl groups is 1. The molecular weight excluding hydrogens is 260 g/mol. The summed E-state index contributed by atoms with van der Waals surface area (Å²) in [7, 11) is 0. The van der Waals surface area contributed by atoms with Crippen LogP contribution in [0.3, 0.4) is 0 Å². The number of aliphatic hydroxyl groups excluding tert-OH is 1. The molecule has 0 fully saturated rings. The van der Waals surface area contributed by atoms with Crippen molar-refractivity contribution in [2.45, 2.75) is 32.3 Å². The van der Waals surface area contributed by atoms with Crippen LogP contribution in [-0.4, -0.2) is 34.9 Å². The predicted octanol–water partition coefficient (Wildman–Crippen LogP) is 1.55. The number of amides is 2. The Bertz CT molecular complexity index is 477. The molecule has 0 aliphatic heterocycles. The Kier molecular flexibility index (Phi) is 5.10. The highest BCUT2D eigenvalue weighted by Gasteiger charge is 2.15. The Morgan fingerprint density at radius 2 is 1.75 bits per heavy atom. The molecule has 20 heavy (non-hydrogen) atoms. The Labute approximate surface area is 117 Å². The number of carbonyl (C=O) groups excluding carboxylic acids is 1. The van der Waals surface area contributed by atoms with Gasteiger partial charge in [0.1, 0.15) is 0 Å². The van der Waals surface area contributed by atoms with E-state index in [2.05, 4.69) is 31.4 Å². The van der Waals surface area contributed by atoms with E-state index in [-0.39, 0.29) is 12.0 Å². The lowest BCUT2D eigenvalue weighted by Crippen LogP contribution is -2.38. The summed E-state index contributed by atoms with van der Waals surface area (Å²) < 4.78 is 0. The second-order valence-corrected chi connectivity index (χ2v) is 5.52. The Balaban J connectivity index is 2.53. The van der Waals surface area contributed by atoms with Gasteiger partial charge in [0, 0.05) is 5.69 Å². The number of hydrogen-bond donors (Lipinski definition) is 4. The topological polar surface area (TPSA) is 98.7 Å². The van der Waals surface area contributed by atoms with Crippen molar-refractivity contribution in [3.05, 3.63) is 29.8 Å². The standard InChI is InChI=1S/C14H20N2O4/c1-14(2,3)9-4-6-10(7-5-9)16-13(20)15-8-11(17)12(18)19/h4-7,11,17H,8H2,1-3H3,(H,18,19)(H2,15,16,20)/t11-/m0/s1. The van der Waals surface area contributed by atoms with Crippen LogP contribution in [-0.2, 0) is 10.2 Å². The molecule has 0 heterocycles. The van der Waals surface area contributed by atoms with Gasteiger partial charge in [0.25, 0.3) is 0 Å². The monoisotopic (exact) mass is 280 g/mol. The third-order valence-corrected chi connectivity index (χ3v) is 2.75. The molecule has 6 nitrogen and oxygen atoms in total. The minimum Gasteiger partial charge on any atom is -0.479 e. The van der Waals surface area contributed by atoms with Gasteiger partial charge in [-0.25, -0.2) is 9.59 Å². The maximum absolute atomic E-state index is 11.5. The normalized spacial score (nSPS) is 12.6. The van der Waals surface area contributed by atoms with Crippen molar-refractivity contribution in [2.24, 2.45) is 0 Å². The molecule has 0 radical (unpaired) electrons. The van der Waals surface area contributed by atoms with Gasteiger partial charge in [-0.3, -0.25) is 0 Å². The Hall–Kier alpha value is -2.08. The number of carbonyl (C=O) groups is 2. The summed E-state index contributed by atoms with van der Waals surface area (Å²) in [6.45, 7) is 5.93. The maximum atomic E-state index is 11.5. The third kappa shape index (κ3) is 4.89. The van der Waals surface area contributed by atoms with Crippen molar-refractivity contribution in [1.82, 2.24) is 5.32 Å². The minimum atomic E-state index is -1.61. The number of rotatable bonds is 4. The summed E-state index contributed by atoms with van der Waals surface area (Å²) >= 11 is 0. The summed E-state index contributed by atoms with van der Waals surface area (Å²) in [6, 6.07) is 6.82. The summed E-state index contributed by atoms with van der Waals surface area (Å²) in [4.78, 5) is 21.9. The summed E-state index contributed by atoms with van der Waals surface area (Å²) in [5.74, 6) is -1.38. The van der Waals surface area contributed by atoms with Crippen LogP contribution < -0.4 is 10.6 Å². The van der Waals surface area contributed by atoms with E-state index in [1.807, 2.05) is 12.1 Å². The molecule has 1 aromatic rings. The van der Waals surface area contributed by atoms with Crippen LogP contribution in [0.5, 0.6) is 0 Å². The predicted molar refractivity (Wildman–Crippen MR) is 75.8 cm³/mol. The number of nitrogens with one attached hydrogen (secondary N) is 2. The molecular formula is C14H20N2O4. The van der Waals surface area contributed by atoms with Crippen LogP contribution in [0, 0.1) is 0 Å². The van der Waals surface area contributed by atoms with E-state index in [0.717, 1.165) is 5.56 Å². The molecule has 0 aromatic heterocycles. The molecule has 1 atom stereocenters. The Morgan fingerprint density at radius 1 is 1.20 bits per heavy atom. The quantitative estimate of drug-likeness (QED) is 0.672. The van der Waals surface area contributed by atoms with Gasteiger partial charge >= 0.3 is 12.0 Å². The average Bonchev–Trinajstić information content (AvgIpc) is 2.35. The molecule has 1 rings (SSSR count). The second-order valence-electron chi connectivity index (χ2n) is 5.52. The first-order valence-corrected chi connectivity index (χ1v) is 6.26. The zero-order valence-corrected chi connectivity index (χ0v) is 11.8. The zero-order valence-electron chi connectivity index (χ0n) is 11.8. The molecule has 0 aliphatic carbocycles. The van der Waals surface area contributed by atoms with Crippen LogP contribution in [0.1, 0.15) is 26.3 Å². The van der Waals surface area contributed by atoms with Crippen molar-refractivity contribution >= 4 is 17.7 Å². The van der Waals surface area contributed by atoms with E-state index >= 15 is 0 Å². The fourth-order valence-corrected chi connectivity index (χ4v) is 1.51. The molecule has 0 saturated carbocycles. The van der Waals surface area contributed by atoms with Crippen molar-refractivity contribution in [3.8, 4) is 0 Å². The van der Waals surface area contributed by atoms with Crippen molar-refractivity contribution < 1.29 is 19.8 Å². The van der Waals surface area contributed by atoms with Gasteiger partial charge in [-0.15, -0.1) is 0 Å². The van der Waals surface area contributed by atoms with Gasteiger partial charge in [0.15, 0.2) is 6.10 Å². The number of carboxylic acids is 1. The lowest BCUT2D eigenvalue weighted by Gasteiger charge is -2.19. The minimum absolute atomic E-state index is 0.0341. The second kappa shape index (κ2) is 6.38. The van der Waals surface area contributed by atoms with E-state index in [4.69, 9.17) is 10.2 Å². The highest BCUT2D eigenvalue weighted by Crippen LogP contribution is 2.23. The van der Waals surface area contributed by atoms with Crippen LogP contribution in [0.25, 0.3) is 0 Å². The van der Waals surface area contributed by atoms with Gasteiger partial charge in [0.2, 0.25) is 0 Å². The molecule has 6 heteroatoms. The fourth-order valence-electron chi connectivity index (χ4n) is 1.51. The van der Waals surface area contributed by atoms with Crippen LogP contribution in [0.4, 0.5) is 10.5 Å². The largest absolute Gasteiger partial charge is 0.479 e. The van der Waals surface area contributed by atoms with Gasteiger partial charge in [-0.05, 0) is 23.1 Å². The first-order chi connectivity index (χ1) is 9.20. The number of aliphatic carboxylic acids is 1. The van der Waals surface area contributed by atoms with Gasteiger partial charge in [0.05, 0.1) is 6.54 Å². The maximum Gasteiger partial charge on any atom is 0.334 e. The van der Waals surface area contributed by atoms with E-state index in [1.165, 1.54) is 0 Å². The summed E-state index contributed by atoms with van der Waals surface area (Å²) in [5, 5.41) is 22.3. The van der Waals surface area contributed by atoms with Crippen LogP contribution in [0.15, 0.2) is 24.3 Å². The van der Waals surface area contributed by atoms with E-state index in [0.29, 0.717) is 5.69 Å². The number of carboxylic acid groups (broad SMARTS) is 1. The molecule has 0 aliphatic rings. The number of benzene rings is 1. The molecule has 110 valence electrons. The molecule has 2 amide bonds. The third-order valence-electron chi connectivity index (χ3n) is 2.75. The molecule has 0 saturated heterocycles. The first-order valence-electron chi connectivity index (χ1n) is 6.26. The van der Waals surface area contributed by atoms with Crippen LogP contribution in [0.2, 0.25) is 0 Å². The fraction of sp³-hybridized carbons (Fsp3) is 0.429. The van der Waals surface area contributed by atoms with Crippen molar-refractivity contribution in [3.63, 3.8) is 0 Å². The van der Waals surface area contributed by atoms with Crippen molar-refractivity contribution in [1.29, 1.82) is 0 Å². The highest BCUT2D eigenvalue weighted by atomic mass is 16.4. The van der Waals surface area contributed by atoms with Crippen molar-refractivity contribution in [2.75, 3.05) is 11.9 Å². The van der Waals surface area contributed by atoms with E-state index in [9.17, 15) is 9.59 Å². The average molecular weight is 280 g/mol. The molecule has 0 unspecified atom stereocenters. The molecule has 0 bridgehead atoms. The van der Waals surface area contributed by atoms with E-state index < -0.39 is 18.1 Å². The Morgan fingerprint density at radius 3 is 2.20 bits per heavy atom. The number of urea groups is 1. The smallest absolute Gasteiger partial charge is 0.334 e. The first kappa shape index (κ1) is 16.0. The molecule has 4 N–H and O–H groups in total. The highest BCUT2D eigenvalue weighted by molar-refractivity contribution is 5.89. The number of anilines is 1. The lowest BCUT2D eigenvalue weighted by molar-refractivity contribution is -0.146. The van der Waals surface area contributed by atoms with E-state index in [1.54, 1.807) is 12.1 Å². The molecule has 1 aromatic carbocycles. The van der Waals surface area contributed by atoms with Gasteiger partial charge in [-0.1, -0.05) is 32.9 Å². The summed E-state index contributed by atoms with van der Waals surface area (Å²) in [5.41, 5.74) is 1.77. The zero-order chi connectivity index (χ0) is 15.3. The SMILES string of the molecule is CC(C)(C)c1ccc(NC(=O)NC[C@H](O)C(=O)O)cc1. The summed E-state index contributed by atoms with van der Waals surface area (Å²) in [6.07, 6.45) is -1.61.